The maximum absolute atomic E-state index is 12.0. The molecule has 2 heterocycles. The number of carboxylic acids is 1. The summed E-state index contributed by atoms with van der Waals surface area (Å²) < 4.78 is 5.23. The number of nitrogens with one attached hydrogen (secondary N) is 2. The molecule has 0 aliphatic carbocycles. The topological polar surface area (TPSA) is 90.9 Å². The lowest BCUT2D eigenvalue weighted by Crippen LogP contribution is -2.48. The van der Waals surface area contributed by atoms with Crippen molar-refractivity contribution < 1.29 is 19.4 Å². The van der Waals surface area contributed by atoms with Crippen molar-refractivity contribution >= 4 is 11.9 Å². The Hall–Kier alpha value is -1.18. The molecule has 0 aromatic carbocycles. The smallest absolute Gasteiger partial charge is 0.311 e. The summed E-state index contributed by atoms with van der Waals surface area (Å²) in [5.74, 6) is -0.936. The van der Waals surface area contributed by atoms with Crippen molar-refractivity contribution in [1.82, 2.24) is 15.5 Å². The number of ether oxygens (including phenoxy) is 1. The number of hydrogen-bond donors (Lipinski definition) is 3. The lowest BCUT2D eigenvalue weighted by Gasteiger charge is -2.33. The molecule has 0 radical (unpaired) electrons. The molecule has 0 bridgehead atoms. The third-order valence-corrected chi connectivity index (χ3v) is 4.33. The lowest BCUT2D eigenvalue weighted by molar-refractivity contribution is -0.154. The van der Waals surface area contributed by atoms with Gasteiger partial charge in [-0.05, 0) is 32.4 Å². The van der Waals surface area contributed by atoms with Gasteiger partial charge in [0.2, 0.25) is 5.91 Å². The van der Waals surface area contributed by atoms with Crippen LogP contribution in [0.2, 0.25) is 0 Å². The molecule has 120 valence electrons. The minimum absolute atomic E-state index is 0.0935. The predicted molar refractivity (Wildman–Crippen MR) is 77.1 cm³/mol. The minimum Gasteiger partial charge on any atom is -0.481 e. The van der Waals surface area contributed by atoms with Gasteiger partial charge in [0, 0.05) is 32.8 Å². The van der Waals surface area contributed by atoms with Gasteiger partial charge in [-0.15, -0.1) is 0 Å². The van der Waals surface area contributed by atoms with Crippen molar-refractivity contribution in [2.24, 2.45) is 5.41 Å². The molecule has 7 nitrogen and oxygen atoms in total. The monoisotopic (exact) mass is 299 g/mol. The van der Waals surface area contributed by atoms with E-state index in [-0.39, 0.29) is 12.5 Å². The molecular weight excluding hydrogens is 274 g/mol. The highest BCUT2D eigenvalue weighted by atomic mass is 16.5. The molecule has 7 heteroatoms. The predicted octanol–water partition coefficient (Wildman–Crippen LogP) is -0.721. The van der Waals surface area contributed by atoms with Gasteiger partial charge in [0.1, 0.15) is 0 Å². The number of aliphatic carboxylic acids is 1. The van der Waals surface area contributed by atoms with Crippen LogP contribution in [0.15, 0.2) is 0 Å². The van der Waals surface area contributed by atoms with E-state index in [1.54, 1.807) is 0 Å². The van der Waals surface area contributed by atoms with Crippen LogP contribution in [0.4, 0.5) is 0 Å². The second-order valence-electron chi connectivity index (χ2n) is 5.85. The maximum atomic E-state index is 12.0. The van der Waals surface area contributed by atoms with E-state index < -0.39 is 11.4 Å². The van der Waals surface area contributed by atoms with Crippen LogP contribution >= 0.6 is 0 Å². The average Bonchev–Trinajstić information content (AvgIpc) is 2.74. The van der Waals surface area contributed by atoms with Crippen LogP contribution in [0, 0.1) is 5.41 Å². The zero-order valence-electron chi connectivity index (χ0n) is 12.4. The first-order valence-corrected chi connectivity index (χ1v) is 7.63. The Morgan fingerprint density at radius 2 is 2.00 bits per heavy atom. The molecule has 21 heavy (non-hydrogen) atoms. The van der Waals surface area contributed by atoms with Crippen molar-refractivity contribution in [3.05, 3.63) is 0 Å². The molecule has 3 N–H and O–H groups in total. The molecule has 2 aliphatic rings. The van der Waals surface area contributed by atoms with Crippen molar-refractivity contribution in [2.75, 3.05) is 52.5 Å². The van der Waals surface area contributed by atoms with Gasteiger partial charge in [-0.1, -0.05) is 0 Å². The van der Waals surface area contributed by atoms with Crippen LogP contribution in [0.5, 0.6) is 0 Å². The molecule has 0 atom stereocenters. The molecule has 0 spiro atoms. The summed E-state index contributed by atoms with van der Waals surface area (Å²) in [7, 11) is 0. The highest BCUT2D eigenvalue weighted by Crippen LogP contribution is 2.30. The summed E-state index contributed by atoms with van der Waals surface area (Å²) in [4.78, 5) is 25.6. The Balaban J connectivity index is 1.79. The van der Waals surface area contributed by atoms with Crippen molar-refractivity contribution in [1.29, 1.82) is 0 Å². The van der Waals surface area contributed by atoms with E-state index in [0.29, 0.717) is 32.6 Å². The Bertz CT molecular complexity index is 361. The Morgan fingerprint density at radius 1 is 1.24 bits per heavy atom. The summed E-state index contributed by atoms with van der Waals surface area (Å²) in [6, 6.07) is 0. The first-order valence-electron chi connectivity index (χ1n) is 7.63. The van der Waals surface area contributed by atoms with Gasteiger partial charge in [0.15, 0.2) is 0 Å². The van der Waals surface area contributed by atoms with Crippen LogP contribution in [0.3, 0.4) is 0 Å². The van der Waals surface area contributed by atoms with Gasteiger partial charge in [-0.3, -0.25) is 14.5 Å². The van der Waals surface area contributed by atoms with Gasteiger partial charge in [-0.25, -0.2) is 0 Å². The number of carbonyl (C=O) groups is 2. The molecule has 2 fully saturated rings. The Kier molecular flexibility index (Phi) is 5.96. The van der Waals surface area contributed by atoms with Crippen LogP contribution in [0.1, 0.15) is 19.3 Å². The van der Waals surface area contributed by atoms with E-state index in [4.69, 9.17) is 4.74 Å². The molecule has 0 saturated carbocycles. The fourth-order valence-electron chi connectivity index (χ4n) is 2.81. The van der Waals surface area contributed by atoms with E-state index in [1.165, 1.54) is 0 Å². The highest BCUT2D eigenvalue weighted by molar-refractivity contribution is 5.80. The SMILES string of the molecule is O=C(CN1CCCNCC1)NCC1(C(=O)O)CCOCC1. The number of rotatable bonds is 5. The van der Waals surface area contributed by atoms with Crippen LogP contribution in [-0.2, 0) is 14.3 Å². The molecule has 0 aromatic heterocycles. The highest BCUT2D eigenvalue weighted by Gasteiger charge is 2.40. The number of carboxylic acid groups (broad SMARTS) is 1. The van der Waals surface area contributed by atoms with Crippen LogP contribution in [-0.4, -0.2) is 74.4 Å². The second kappa shape index (κ2) is 7.72. The lowest BCUT2D eigenvalue weighted by atomic mass is 9.80. The summed E-state index contributed by atoms with van der Waals surface area (Å²) in [6.07, 6.45) is 1.94. The Labute approximate surface area is 125 Å². The molecular formula is C14H25N3O4. The zero-order chi connectivity index (χ0) is 15.1. The number of nitrogens with zero attached hydrogens (tertiary/aromatic N) is 1. The fourth-order valence-corrected chi connectivity index (χ4v) is 2.81. The number of carbonyl (C=O) groups excluding carboxylic acids is 1. The van der Waals surface area contributed by atoms with E-state index in [1.807, 2.05) is 0 Å². The van der Waals surface area contributed by atoms with Gasteiger partial charge in [0.05, 0.1) is 12.0 Å². The van der Waals surface area contributed by atoms with Gasteiger partial charge in [-0.2, -0.15) is 0 Å². The number of amides is 1. The van der Waals surface area contributed by atoms with E-state index >= 15 is 0 Å². The molecule has 2 saturated heterocycles. The number of hydrogen-bond acceptors (Lipinski definition) is 5. The molecule has 1 amide bonds. The van der Waals surface area contributed by atoms with Crippen LogP contribution < -0.4 is 10.6 Å². The average molecular weight is 299 g/mol. The fraction of sp³-hybridized carbons (Fsp3) is 0.857. The first-order chi connectivity index (χ1) is 10.1. The second-order valence-corrected chi connectivity index (χ2v) is 5.85. The van der Waals surface area contributed by atoms with Gasteiger partial charge < -0.3 is 20.5 Å². The minimum atomic E-state index is -0.867. The van der Waals surface area contributed by atoms with Crippen molar-refractivity contribution in [3.63, 3.8) is 0 Å². The molecule has 2 aliphatic heterocycles. The standard InChI is InChI=1S/C14H25N3O4/c18-12(10-17-6-1-4-15-5-7-17)16-11-14(13(19)20)2-8-21-9-3-14/h15H,1-11H2,(H,16,18)(H,19,20). The first kappa shape index (κ1) is 16.2. The summed E-state index contributed by atoms with van der Waals surface area (Å²) in [6.45, 7) is 5.05. The Morgan fingerprint density at radius 3 is 2.71 bits per heavy atom. The third kappa shape index (κ3) is 4.66. The molecule has 2 rings (SSSR count). The van der Waals surface area contributed by atoms with Crippen molar-refractivity contribution in [2.45, 2.75) is 19.3 Å². The zero-order valence-corrected chi connectivity index (χ0v) is 12.4. The van der Waals surface area contributed by atoms with E-state index in [0.717, 1.165) is 32.6 Å². The third-order valence-electron chi connectivity index (χ3n) is 4.33. The summed E-state index contributed by atoms with van der Waals surface area (Å²) in [5, 5.41) is 15.5. The molecule has 0 aromatic rings. The normalized spacial score (nSPS) is 23.2. The van der Waals surface area contributed by atoms with Crippen molar-refractivity contribution in [3.8, 4) is 0 Å². The molecule has 0 unspecified atom stereocenters. The van der Waals surface area contributed by atoms with E-state index in [2.05, 4.69) is 15.5 Å². The van der Waals surface area contributed by atoms with Gasteiger partial charge >= 0.3 is 5.97 Å². The van der Waals surface area contributed by atoms with Crippen LogP contribution in [0.25, 0.3) is 0 Å². The summed E-state index contributed by atoms with van der Waals surface area (Å²) >= 11 is 0. The quantitative estimate of drug-likeness (QED) is 0.621. The maximum Gasteiger partial charge on any atom is 0.311 e. The largest absolute Gasteiger partial charge is 0.481 e. The van der Waals surface area contributed by atoms with Gasteiger partial charge in [0.25, 0.3) is 0 Å². The van der Waals surface area contributed by atoms with E-state index in [9.17, 15) is 14.7 Å². The summed E-state index contributed by atoms with van der Waals surface area (Å²) in [5.41, 5.74) is -0.867.